The molecule has 0 amide bonds. The fourth-order valence-corrected chi connectivity index (χ4v) is 2.92. The van der Waals surface area contributed by atoms with Crippen molar-refractivity contribution in [2.45, 2.75) is 40.0 Å². The maximum atomic E-state index is 12.8. The van der Waals surface area contributed by atoms with E-state index in [4.69, 9.17) is 4.74 Å². The van der Waals surface area contributed by atoms with Gasteiger partial charge in [0.15, 0.2) is 0 Å². The molecule has 28 heavy (non-hydrogen) atoms. The number of hydrogen-bond donors (Lipinski definition) is 0. The van der Waals surface area contributed by atoms with E-state index in [-0.39, 0.29) is 11.9 Å². The van der Waals surface area contributed by atoms with Crippen LogP contribution in [0.1, 0.15) is 46.6 Å². The van der Waals surface area contributed by atoms with Crippen LogP contribution in [0.4, 0.5) is 0 Å². The third-order valence-corrected chi connectivity index (χ3v) is 4.55. The molecule has 3 rings (SSSR count). The van der Waals surface area contributed by atoms with E-state index >= 15 is 0 Å². The number of carbonyl (C=O) groups is 1. The number of aromatic nitrogens is 1. The van der Waals surface area contributed by atoms with Gasteiger partial charge in [0, 0.05) is 18.3 Å². The highest BCUT2D eigenvalue weighted by Crippen LogP contribution is 2.13. The second-order valence-corrected chi connectivity index (χ2v) is 7.24. The second kappa shape index (κ2) is 9.34. The van der Waals surface area contributed by atoms with Crippen LogP contribution in [0.25, 0.3) is 6.08 Å². The fourth-order valence-electron chi connectivity index (χ4n) is 2.92. The Labute approximate surface area is 167 Å². The predicted molar refractivity (Wildman–Crippen MR) is 114 cm³/mol. The minimum absolute atomic E-state index is 0.0490. The van der Waals surface area contributed by atoms with Crippen LogP contribution < -0.4 is 0 Å². The van der Waals surface area contributed by atoms with E-state index < -0.39 is 0 Å². The van der Waals surface area contributed by atoms with E-state index in [2.05, 4.69) is 36.4 Å². The normalized spacial score (nSPS) is 11.4. The monoisotopic (exact) mass is 373 g/mol. The summed E-state index contributed by atoms with van der Waals surface area (Å²) in [5.74, 6) is 0.0490. The number of rotatable bonds is 8. The van der Waals surface area contributed by atoms with Crippen molar-refractivity contribution >= 4 is 11.9 Å². The Morgan fingerprint density at radius 1 is 1.04 bits per heavy atom. The molecule has 0 aliphatic rings. The van der Waals surface area contributed by atoms with E-state index in [1.807, 2.05) is 67.9 Å². The molecule has 0 aliphatic heterocycles. The maximum absolute atomic E-state index is 12.8. The smallest absolute Gasteiger partial charge is 0.209 e. The Hall–Kier alpha value is -2.91. The molecule has 144 valence electrons. The third-order valence-electron chi connectivity index (χ3n) is 4.55. The Balaban J connectivity index is 1.63. The molecule has 1 heterocycles. The fraction of sp³-hybridized carbons (Fsp3) is 0.240. The summed E-state index contributed by atoms with van der Waals surface area (Å²) < 4.78 is 7.60. The summed E-state index contributed by atoms with van der Waals surface area (Å²) >= 11 is 0. The summed E-state index contributed by atoms with van der Waals surface area (Å²) in [6.45, 7) is 7.38. The number of nitrogens with zero attached hydrogens (tertiary/aromatic N) is 1. The zero-order valence-corrected chi connectivity index (χ0v) is 16.8. The van der Waals surface area contributed by atoms with Crippen LogP contribution in [-0.2, 0) is 17.9 Å². The van der Waals surface area contributed by atoms with Crippen molar-refractivity contribution in [2.75, 3.05) is 0 Å². The molecule has 0 atom stereocenters. The molecule has 3 heteroatoms. The molecule has 0 radical (unpaired) electrons. The lowest BCUT2D eigenvalue weighted by Crippen LogP contribution is -2.09. The van der Waals surface area contributed by atoms with Crippen LogP contribution in [0.2, 0.25) is 0 Å². The van der Waals surface area contributed by atoms with Crippen molar-refractivity contribution in [1.29, 1.82) is 0 Å². The van der Waals surface area contributed by atoms with Gasteiger partial charge in [-0.25, -0.2) is 0 Å². The number of carbonyl (C=O) groups excluding carboxylic acids is 1. The summed E-state index contributed by atoms with van der Waals surface area (Å²) in [4.78, 5) is 12.8. The van der Waals surface area contributed by atoms with E-state index in [0.29, 0.717) is 24.4 Å². The molecular formula is C25H27NO2. The molecule has 0 bridgehead atoms. The van der Waals surface area contributed by atoms with Gasteiger partial charge in [-0.05, 0) is 44.0 Å². The Kier molecular flexibility index (Phi) is 6.62. The molecule has 0 aliphatic carbocycles. The van der Waals surface area contributed by atoms with E-state index in [1.54, 1.807) is 0 Å². The SMILES string of the molecule is Cc1ccc(C(=O)c2cccn2C/C=C/c2ccc(COC(C)C)cc2)cc1. The first-order valence-corrected chi connectivity index (χ1v) is 9.66. The van der Waals surface area contributed by atoms with Gasteiger partial charge in [-0.3, -0.25) is 4.79 Å². The van der Waals surface area contributed by atoms with Crippen molar-refractivity contribution in [3.63, 3.8) is 0 Å². The molecular weight excluding hydrogens is 346 g/mol. The molecule has 3 aromatic rings. The molecule has 0 saturated heterocycles. The largest absolute Gasteiger partial charge is 0.374 e. The average molecular weight is 373 g/mol. The van der Waals surface area contributed by atoms with Gasteiger partial charge in [0.1, 0.15) is 0 Å². The van der Waals surface area contributed by atoms with Gasteiger partial charge in [-0.15, -0.1) is 0 Å². The number of ether oxygens (including phenoxy) is 1. The zero-order valence-electron chi connectivity index (χ0n) is 16.8. The molecule has 0 fully saturated rings. The van der Waals surface area contributed by atoms with Gasteiger partial charge < -0.3 is 9.30 Å². The second-order valence-electron chi connectivity index (χ2n) is 7.24. The minimum atomic E-state index is 0.0490. The summed E-state index contributed by atoms with van der Waals surface area (Å²) in [5.41, 5.74) is 4.87. The van der Waals surface area contributed by atoms with Crippen LogP contribution >= 0.6 is 0 Å². The van der Waals surface area contributed by atoms with Gasteiger partial charge >= 0.3 is 0 Å². The van der Waals surface area contributed by atoms with Crippen molar-refractivity contribution in [3.05, 3.63) is 101 Å². The Bertz CT molecular complexity index is 931. The summed E-state index contributed by atoms with van der Waals surface area (Å²) in [6, 6.07) is 19.8. The number of allylic oxidation sites excluding steroid dienone is 1. The van der Waals surface area contributed by atoms with Crippen LogP contribution in [-0.4, -0.2) is 16.5 Å². The van der Waals surface area contributed by atoms with Crippen molar-refractivity contribution < 1.29 is 9.53 Å². The van der Waals surface area contributed by atoms with E-state index in [0.717, 1.165) is 11.1 Å². The molecule has 0 saturated carbocycles. The van der Waals surface area contributed by atoms with Crippen molar-refractivity contribution in [3.8, 4) is 0 Å². The van der Waals surface area contributed by atoms with Crippen molar-refractivity contribution in [2.24, 2.45) is 0 Å². The van der Waals surface area contributed by atoms with Gasteiger partial charge in [-0.2, -0.15) is 0 Å². The van der Waals surface area contributed by atoms with Crippen LogP contribution in [0.5, 0.6) is 0 Å². The first kappa shape index (κ1) is 19.8. The Morgan fingerprint density at radius 2 is 1.75 bits per heavy atom. The molecule has 0 unspecified atom stereocenters. The Morgan fingerprint density at radius 3 is 2.43 bits per heavy atom. The zero-order chi connectivity index (χ0) is 19.9. The van der Waals surface area contributed by atoms with Gasteiger partial charge in [-0.1, -0.05) is 66.2 Å². The summed E-state index contributed by atoms with van der Waals surface area (Å²) in [5, 5.41) is 0. The van der Waals surface area contributed by atoms with Gasteiger partial charge in [0.2, 0.25) is 5.78 Å². The van der Waals surface area contributed by atoms with Crippen molar-refractivity contribution in [1.82, 2.24) is 4.57 Å². The molecule has 0 N–H and O–H groups in total. The van der Waals surface area contributed by atoms with Crippen LogP contribution in [0.3, 0.4) is 0 Å². The van der Waals surface area contributed by atoms with Gasteiger partial charge in [0.05, 0.1) is 18.4 Å². The third kappa shape index (κ3) is 5.30. The van der Waals surface area contributed by atoms with E-state index in [1.165, 1.54) is 5.56 Å². The molecule has 3 nitrogen and oxygen atoms in total. The van der Waals surface area contributed by atoms with Crippen LogP contribution in [0, 0.1) is 6.92 Å². The number of aryl methyl sites for hydroxylation is 1. The minimum Gasteiger partial charge on any atom is -0.374 e. The first-order chi connectivity index (χ1) is 13.5. The van der Waals surface area contributed by atoms with Crippen LogP contribution in [0.15, 0.2) is 72.9 Å². The predicted octanol–water partition coefficient (Wildman–Crippen LogP) is 5.67. The standard InChI is InChI=1S/C25H27NO2/c1-19(2)28-18-22-12-10-21(11-13-22)6-4-16-26-17-5-7-24(26)25(27)23-14-8-20(3)9-15-23/h4-15,17,19H,16,18H2,1-3H3/b6-4+. The average Bonchev–Trinajstić information content (AvgIpc) is 3.16. The number of hydrogen-bond acceptors (Lipinski definition) is 2. The lowest BCUT2D eigenvalue weighted by molar-refractivity contribution is 0.0657. The van der Waals surface area contributed by atoms with Gasteiger partial charge in [0.25, 0.3) is 0 Å². The highest BCUT2D eigenvalue weighted by molar-refractivity contribution is 6.08. The molecule has 2 aromatic carbocycles. The molecule has 0 spiro atoms. The highest BCUT2D eigenvalue weighted by atomic mass is 16.5. The molecule has 1 aromatic heterocycles. The highest BCUT2D eigenvalue weighted by Gasteiger charge is 2.12. The topological polar surface area (TPSA) is 31.2 Å². The number of ketones is 1. The summed E-state index contributed by atoms with van der Waals surface area (Å²) in [6.07, 6.45) is 6.33. The first-order valence-electron chi connectivity index (χ1n) is 9.66. The number of benzene rings is 2. The maximum Gasteiger partial charge on any atom is 0.209 e. The lowest BCUT2D eigenvalue weighted by Gasteiger charge is -2.08. The summed E-state index contributed by atoms with van der Waals surface area (Å²) in [7, 11) is 0. The van der Waals surface area contributed by atoms with E-state index in [9.17, 15) is 4.79 Å². The lowest BCUT2D eigenvalue weighted by atomic mass is 10.1. The quantitative estimate of drug-likeness (QED) is 0.477.